The molecule has 0 aliphatic carbocycles. The van der Waals surface area contributed by atoms with E-state index in [1.54, 1.807) is 7.11 Å². The lowest BCUT2D eigenvalue weighted by molar-refractivity contribution is 0.0808. The molecular formula is C9H12BrNO. The molecule has 0 fully saturated rings. The number of hydrogen-bond acceptors (Lipinski definition) is 2. The number of halogens is 1. The van der Waals surface area contributed by atoms with Crippen LogP contribution in [0.3, 0.4) is 0 Å². The fourth-order valence-electron chi connectivity index (χ4n) is 1.09. The number of hydrogen-bond donors (Lipinski definition) is 1. The van der Waals surface area contributed by atoms with E-state index in [-0.39, 0.29) is 6.23 Å². The predicted molar refractivity (Wildman–Crippen MR) is 53.0 cm³/mol. The SMILES string of the molecule is CNC(OC)c1cccc(Br)c1. The molecule has 3 heteroatoms. The highest BCUT2D eigenvalue weighted by molar-refractivity contribution is 9.10. The predicted octanol–water partition coefficient (Wildman–Crippen LogP) is 2.31. The molecule has 2 nitrogen and oxygen atoms in total. The van der Waals surface area contributed by atoms with Gasteiger partial charge in [-0.25, -0.2) is 0 Å². The molecule has 1 aromatic rings. The second-order valence-electron chi connectivity index (χ2n) is 2.46. The van der Waals surface area contributed by atoms with Crippen molar-refractivity contribution in [3.63, 3.8) is 0 Å². The van der Waals surface area contributed by atoms with Crippen molar-refractivity contribution in [1.82, 2.24) is 5.32 Å². The van der Waals surface area contributed by atoms with Crippen LogP contribution in [0.1, 0.15) is 11.8 Å². The van der Waals surface area contributed by atoms with Gasteiger partial charge in [0.2, 0.25) is 0 Å². The summed E-state index contributed by atoms with van der Waals surface area (Å²) in [4.78, 5) is 0. The van der Waals surface area contributed by atoms with Crippen LogP contribution in [-0.4, -0.2) is 14.2 Å². The summed E-state index contributed by atoms with van der Waals surface area (Å²) in [5.74, 6) is 0. The molecule has 1 rings (SSSR count). The second kappa shape index (κ2) is 4.60. The van der Waals surface area contributed by atoms with Crippen LogP contribution in [0.4, 0.5) is 0 Å². The summed E-state index contributed by atoms with van der Waals surface area (Å²) in [5, 5.41) is 3.05. The molecule has 0 radical (unpaired) electrons. The Labute approximate surface area is 81.1 Å². The first-order chi connectivity index (χ1) is 5.77. The van der Waals surface area contributed by atoms with Crippen LogP contribution in [-0.2, 0) is 4.74 Å². The molecule has 1 N–H and O–H groups in total. The molecule has 0 heterocycles. The molecule has 1 unspecified atom stereocenters. The summed E-state index contributed by atoms with van der Waals surface area (Å²) in [7, 11) is 3.55. The zero-order chi connectivity index (χ0) is 8.97. The van der Waals surface area contributed by atoms with Gasteiger partial charge in [0.15, 0.2) is 0 Å². The van der Waals surface area contributed by atoms with E-state index < -0.39 is 0 Å². The van der Waals surface area contributed by atoms with Crippen molar-refractivity contribution < 1.29 is 4.74 Å². The van der Waals surface area contributed by atoms with Gasteiger partial charge in [0.05, 0.1) is 0 Å². The Hall–Kier alpha value is -0.380. The molecule has 0 bridgehead atoms. The average Bonchev–Trinajstić information content (AvgIpc) is 2.07. The largest absolute Gasteiger partial charge is 0.362 e. The second-order valence-corrected chi connectivity index (χ2v) is 3.38. The Morgan fingerprint density at radius 1 is 1.50 bits per heavy atom. The van der Waals surface area contributed by atoms with Crippen LogP contribution >= 0.6 is 15.9 Å². The van der Waals surface area contributed by atoms with Gasteiger partial charge in [0, 0.05) is 11.6 Å². The van der Waals surface area contributed by atoms with E-state index in [1.165, 1.54) is 0 Å². The minimum absolute atomic E-state index is 0.0255. The fraction of sp³-hybridized carbons (Fsp3) is 0.333. The lowest BCUT2D eigenvalue weighted by Gasteiger charge is -2.14. The van der Waals surface area contributed by atoms with Crippen molar-refractivity contribution in [3.05, 3.63) is 34.3 Å². The van der Waals surface area contributed by atoms with Gasteiger partial charge in [-0.15, -0.1) is 0 Å². The molecule has 66 valence electrons. The average molecular weight is 230 g/mol. The molecule has 0 saturated heterocycles. The van der Waals surface area contributed by atoms with E-state index in [1.807, 2.05) is 31.3 Å². The van der Waals surface area contributed by atoms with E-state index in [2.05, 4.69) is 21.2 Å². The third-order valence-corrected chi connectivity index (χ3v) is 2.14. The number of methoxy groups -OCH3 is 1. The molecule has 1 aromatic carbocycles. The van der Waals surface area contributed by atoms with Gasteiger partial charge in [-0.3, -0.25) is 5.32 Å². The van der Waals surface area contributed by atoms with E-state index in [0.29, 0.717) is 0 Å². The van der Waals surface area contributed by atoms with Gasteiger partial charge >= 0.3 is 0 Å². The Balaban J connectivity index is 2.85. The highest BCUT2D eigenvalue weighted by Gasteiger charge is 2.05. The van der Waals surface area contributed by atoms with Crippen LogP contribution < -0.4 is 5.32 Å². The van der Waals surface area contributed by atoms with E-state index >= 15 is 0 Å². The van der Waals surface area contributed by atoms with Crippen molar-refractivity contribution >= 4 is 15.9 Å². The maximum Gasteiger partial charge on any atom is 0.133 e. The van der Waals surface area contributed by atoms with Crippen molar-refractivity contribution in [2.45, 2.75) is 6.23 Å². The Morgan fingerprint density at radius 3 is 2.75 bits per heavy atom. The van der Waals surface area contributed by atoms with Gasteiger partial charge in [0.1, 0.15) is 6.23 Å². The quantitative estimate of drug-likeness (QED) is 0.804. The third kappa shape index (κ3) is 2.30. The molecule has 1 atom stereocenters. The molecule has 0 aliphatic heterocycles. The van der Waals surface area contributed by atoms with E-state index in [4.69, 9.17) is 4.74 Å². The minimum Gasteiger partial charge on any atom is -0.362 e. The molecule has 0 saturated carbocycles. The van der Waals surface area contributed by atoms with Crippen LogP contribution in [0.5, 0.6) is 0 Å². The van der Waals surface area contributed by atoms with Gasteiger partial charge in [-0.2, -0.15) is 0 Å². The van der Waals surface area contributed by atoms with Crippen LogP contribution in [0.25, 0.3) is 0 Å². The minimum atomic E-state index is -0.0255. The van der Waals surface area contributed by atoms with E-state index in [0.717, 1.165) is 10.0 Å². The van der Waals surface area contributed by atoms with E-state index in [9.17, 15) is 0 Å². The number of nitrogens with one attached hydrogen (secondary N) is 1. The highest BCUT2D eigenvalue weighted by atomic mass is 79.9. The van der Waals surface area contributed by atoms with Gasteiger partial charge in [-0.05, 0) is 24.7 Å². The van der Waals surface area contributed by atoms with Crippen molar-refractivity contribution in [2.24, 2.45) is 0 Å². The molecule has 0 aromatic heterocycles. The Bertz CT molecular complexity index is 248. The van der Waals surface area contributed by atoms with Gasteiger partial charge in [0.25, 0.3) is 0 Å². The number of ether oxygens (including phenoxy) is 1. The smallest absolute Gasteiger partial charge is 0.133 e. The van der Waals surface area contributed by atoms with Crippen molar-refractivity contribution in [2.75, 3.05) is 14.2 Å². The summed E-state index contributed by atoms with van der Waals surface area (Å²) in [6, 6.07) is 8.04. The Kier molecular flexibility index (Phi) is 3.72. The maximum atomic E-state index is 5.21. The first-order valence-electron chi connectivity index (χ1n) is 3.73. The lowest BCUT2D eigenvalue weighted by atomic mass is 10.2. The molecule has 0 amide bonds. The Morgan fingerprint density at radius 2 is 2.25 bits per heavy atom. The number of benzene rings is 1. The normalized spacial score (nSPS) is 12.9. The first-order valence-corrected chi connectivity index (χ1v) is 4.52. The zero-order valence-corrected chi connectivity index (χ0v) is 8.76. The first kappa shape index (κ1) is 9.71. The molecule has 12 heavy (non-hydrogen) atoms. The standard InChI is InChI=1S/C9H12BrNO/c1-11-9(12-2)7-4-3-5-8(10)6-7/h3-6,9,11H,1-2H3. The molecule has 0 aliphatic rings. The molecular weight excluding hydrogens is 218 g/mol. The van der Waals surface area contributed by atoms with Crippen molar-refractivity contribution in [1.29, 1.82) is 0 Å². The summed E-state index contributed by atoms with van der Waals surface area (Å²) in [6.07, 6.45) is -0.0255. The molecule has 0 spiro atoms. The summed E-state index contributed by atoms with van der Waals surface area (Å²) in [6.45, 7) is 0. The third-order valence-electron chi connectivity index (χ3n) is 1.65. The van der Waals surface area contributed by atoms with Crippen LogP contribution in [0.2, 0.25) is 0 Å². The summed E-state index contributed by atoms with van der Waals surface area (Å²) in [5.41, 5.74) is 1.12. The van der Waals surface area contributed by atoms with Crippen LogP contribution in [0, 0.1) is 0 Å². The zero-order valence-electron chi connectivity index (χ0n) is 7.17. The highest BCUT2D eigenvalue weighted by Crippen LogP contribution is 2.17. The summed E-state index contributed by atoms with van der Waals surface area (Å²) >= 11 is 3.41. The summed E-state index contributed by atoms with van der Waals surface area (Å²) < 4.78 is 6.28. The van der Waals surface area contributed by atoms with Gasteiger partial charge in [-0.1, -0.05) is 28.1 Å². The lowest BCUT2D eigenvalue weighted by Crippen LogP contribution is -2.17. The number of rotatable bonds is 3. The topological polar surface area (TPSA) is 21.3 Å². The fourth-order valence-corrected chi connectivity index (χ4v) is 1.51. The monoisotopic (exact) mass is 229 g/mol. The maximum absolute atomic E-state index is 5.21. The van der Waals surface area contributed by atoms with Crippen LogP contribution in [0.15, 0.2) is 28.7 Å². The van der Waals surface area contributed by atoms with Gasteiger partial charge < -0.3 is 4.74 Å². The van der Waals surface area contributed by atoms with Crippen molar-refractivity contribution in [3.8, 4) is 0 Å².